The van der Waals surface area contributed by atoms with E-state index in [4.69, 9.17) is 17.3 Å². The van der Waals surface area contributed by atoms with Gasteiger partial charge in [-0.3, -0.25) is 9.78 Å². The van der Waals surface area contributed by atoms with Gasteiger partial charge in [0, 0.05) is 36.1 Å². The number of nitrogens with zero attached hydrogens (tertiary/aromatic N) is 3. The predicted octanol–water partition coefficient (Wildman–Crippen LogP) is 2.85. The van der Waals surface area contributed by atoms with Crippen molar-refractivity contribution in [1.82, 2.24) is 4.98 Å². The molecule has 1 aliphatic rings. The average Bonchev–Trinajstić information content (AvgIpc) is 2.54. The van der Waals surface area contributed by atoms with E-state index < -0.39 is 0 Å². The number of amides is 1. The third kappa shape index (κ3) is 3.22. The first-order valence-electron chi connectivity index (χ1n) is 7.60. The molecule has 2 N–H and O–H groups in total. The van der Waals surface area contributed by atoms with Gasteiger partial charge < -0.3 is 10.6 Å². The molecule has 2 aromatic rings. The molecule has 0 aliphatic carbocycles. The number of carbonyl (C=O) groups is 1. The number of anilines is 1. The summed E-state index contributed by atoms with van der Waals surface area (Å²) in [7, 11) is 0. The monoisotopic (exact) mass is 328 g/mol. The molecule has 1 amide bonds. The van der Waals surface area contributed by atoms with Crippen LogP contribution in [-0.4, -0.2) is 24.0 Å². The van der Waals surface area contributed by atoms with Crippen molar-refractivity contribution in [3.8, 4) is 6.07 Å². The number of primary amides is 1. The molecule has 1 saturated heterocycles. The Bertz CT molecular complexity index is 791. The number of rotatable bonds is 3. The van der Waals surface area contributed by atoms with E-state index in [9.17, 15) is 10.1 Å². The van der Waals surface area contributed by atoms with Crippen molar-refractivity contribution < 1.29 is 4.79 Å². The second-order valence-corrected chi connectivity index (χ2v) is 6.33. The Morgan fingerprint density at radius 2 is 2.17 bits per heavy atom. The number of nitriles is 1. The van der Waals surface area contributed by atoms with Crippen LogP contribution in [-0.2, 0) is 4.79 Å². The van der Waals surface area contributed by atoms with Gasteiger partial charge in [0.05, 0.1) is 16.8 Å². The molecule has 0 unspecified atom stereocenters. The summed E-state index contributed by atoms with van der Waals surface area (Å²) in [5, 5.41) is 11.0. The first-order valence-corrected chi connectivity index (χ1v) is 7.98. The number of pyridine rings is 1. The molecule has 1 fully saturated rings. The Kier molecular flexibility index (Phi) is 4.35. The van der Waals surface area contributed by atoms with Crippen LogP contribution in [0.2, 0.25) is 5.02 Å². The van der Waals surface area contributed by atoms with Crippen LogP contribution in [0, 0.1) is 17.2 Å². The highest BCUT2D eigenvalue weighted by molar-refractivity contribution is 6.31. The maximum absolute atomic E-state index is 11.1. The number of carbonyl (C=O) groups excluding carboxylic acids is 1. The van der Waals surface area contributed by atoms with Crippen LogP contribution >= 0.6 is 11.6 Å². The zero-order valence-electron chi connectivity index (χ0n) is 12.6. The molecule has 1 aromatic heterocycles. The molecule has 5 nitrogen and oxygen atoms in total. The lowest BCUT2D eigenvalue weighted by molar-refractivity contribution is -0.119. The van der Waals surface area contributed by atoms with E-state index in [1.807, 2.05) is 12.1 Å². The van der Waals surface area contributed by atoms with Crippen LogP contribution in [0.15, 0.2) is 24.4 Å². The van der Waals surface area contributed by atoms with Crippen molar-refractivity contribution >= 4 is 34.1 Å². The van der Waals surface area contributed by atoms with Crippen molar-refractivity contribution in [2.45, 2.75) is 19.3 Å². The van der Waals surface area contributed by atoms with E-state index in [-0.39, 0.29) is 5.91 Å². The van der Waals surface area contributed by atoms with Gasteiger partial charge in [-0.1, -0.05) is 11.6 Å². The number of benzene rings is 1. The minimum Gasteiger partial charge on any atom is -0.370 e. The number of hydrogen-bond acceptors (Lipinski definition) is 4. The fourth-order valence-corrected chi connectivity index (χ4v) is 3.39. The SMILES string of the molecule is N#Cc1cnc2ccc(Cl)cc2c1N1CCC(CC(N)=O)CC1. The molecule has 0 saturated carbocycles. The number of nitrogens with two attached hydrogens (primary N) is 1. The third-order valence-electron chi connectivity index (χ3n) is 4.34. The Hall–Kier alpha value is -2.32. The minimum atomic E-state index is -0.248. The van der Waals surface area contributed by atoms with Gasteiger partial charge in [0.1, 0.15) is 6.07 Å². The molecule has 118 valence electrons. The lowest BCUT2D eigenvalue weighted by Gasteiger charge is -2.34. The summed E-state index contributed by atoms with van der Waals surface area (Å²) in [5.41, 5.74) is 7.54. The van der Waals surface area contributed by atoms with Crippen LogP contribution in [0.4, 0.5) is 5.69 Å². The zero-order valence-corrected chi connectivity index (χ0v) is 13.4. The highest BCUT2D eigenvalue weighted by Crippen LogP contribution is 2.34. The van der Waals surface area contributed by atoms with E-state index in [1.165, 1.54) is 0 Å². The smallest absolute Gasteiger partial charge is 0.217 e. The van der Waals surface area contributed by atoms with Crippen LogP contribution in [0.25, 0.3) is 10.9 Å². The Labute approximate surface area is 139 Å². The first kappa shape index (κ1) is 15.6. The summed E-state index contributed by atoms with van der Waals surface area (Å²) in [6.45, 7) is 1.58. The largest absolute Gasteiger partial charge is 0.370 e. The summed E-state index contributed by atoms with van der Waals surface area (Å²) in [6, 6.07) is 7.74. The molecule has 1 aliphatic heterocycles. The zero-order chi connectivity index (χ0) is 16.4. The number of fused-ring (bicyclic) bond motifs is 1. The highest BCUT2D eigenvalue weighted by atomic mass is 35.5. The van der Waals surface area contributed by atoms with Crippen molar-refractivity contribution in [1.29, 1.82) is 5.26 Å². The first-order chi connectivity index (χ1) is 11.1. The van der Waals surface area contributed by atoms with Crippen LogP contribution in [0.5, 0.6) is 0 Å². The quantitative estimate of drug-likeness (QED) is 0.939. The van der Waals surface area contributed by atoms with Gasteiger partial charge >= 0.3 is 0 Å². The maximum atomic E-state index is 11.1. The van der Waals surface area contributed by atoms with Gasteiger partial charge in [-0.25, -0.2) is 0 Å². The normalized spacial score (nSPS) is 15.6. The van der Waals surface area contributed by atoms with E-state index in [0.717, 1.165) is 42.5 Å². The molecule has 2 heterocycles. The second-order valence-electron chi connectivity index (χ2n) is 5.89. The topological polar surface area (TPSA) is 83.0 Å². The molecular formula is C17H17ClN4O. The van der Waals surface area contributed by atoms with E-state index in [1.54, 1.807) is 12.3 Å². The lowest BCUT2D eigenvalue weighted by Crippen LogP contribution is -2.35. The van der Waals surface area contributed by atoms with Crippen molar-refractivity contribution in [3.05, 3.63) is 35.0 Å². The van der Waals surface area contributed by atoms with E-state index >= 15 is 0 Å². The predicted molar refractivity (Wildman–Crippen MR) is 90.2 cm³/mol. The molecule has 6 heteroatoms. The molecule has 0 bridgehead atoms. The molecular weight excluding hydrogens is 312 g/mol. The number of piperidine rings is 1. The fourth-order valence-electron chi connectivity index (χ4n) is 3.22. The second kappa shape index (κ2) is 6.43. The third-order valence-corrected chi connectivity index (χ3v) is 4.58. The molecule has 1 aromatic carbocycles. The fraction of sp³-hybridized carbons (Fsp3) is 0.353. The van der Waals surface area contributed by atoms with Crippen LogP contribution < -0.4 is 10.6 Å². The van der Waals surface area contributed by atoms with Crippen molar-refractivity contribution in [3.63, 3.8) is 0 Å². The van der Waals surface area contributed by atoms with Crippen LogP contribution in [0.1, 0.15) is 24.8 Å². The number of halogens is 1. The maximum Gasteiger partial charge on any atom is 0.217 e. The minimum absolute atomic E-state index is 0.248. The Morgan fingerprint density at radius 1 is 1.43 bits per heavy atom. The molecule has 0 spiro atoms. The summed E-state index contributed by atoms with van der Waals surface area (Å²) in [4.78, 5) is 17.6. The van der Waals surface area contributed by atoms with Crippen molar-refractivity contribution in [2.75, 3.05) is 18.0 Å². The average molecular weight is 329 g/mol. The van der Waals surface area contributed by atoms with Gasteiger partial charge in [-0.15, -0.1) is 0 Å². The van der Waals surface area contributed by atoms with E-state index in [0.29, 0.717) is 22.9 Å². The summed E-state index contributed by atoms with van der Waals surface area (Å²) in [5.74, 6) is 0.0771. The summed E-state index contributed by atoms with van der Waals surface area (Å²) < 4.78 is 0. The number of hydrogen-bond donors (Lipinski definition) is 1. The van der Waals surface area contributed by atoms with Crippen molar-refractivity contribution in [2.24, 2.45) is 11.7 Å². The summed E-state index contributed by atoms with van der Waals surface area (Å²) in [6.07, 6.45) is 3.82. The number of aromatic nitrogens is 1. The van der Waals surface area contributed by atoms with Gasteiger partial charge in [0.2, 0.25) is 5.91 Å². The Balaban J connectivity index is 1.95. The standard InChI is InChI=1S/C17H17ClN4O/c18-13-1-2-15-14(8-13)17(12(9-19)10-21-15)22-5-3-11(4-6-22)7-16(20)23/h1-2,8,10-11H,3-7H2,(H2,20,23). The molecule has 0 atom stereocenters. The Morgan fingerprint density at radius 3 is 2.83 bits per heavy atom. The van der Waals surface area contributed by atoms with Gasteiger partial charge in [-0.05, 0) is 37.0 Å². The van der Waals surface area contributed by atoms with Gasteiger partial charge in [-0.2, -0.15) is 5.26 Å². The molecule has 3 rings (SSSR count). The van der Waals surface area contributed by atoms with E-state index in [2.05, 4.69) is 16.0 Å². The lowest BCUT2D eigenvalue weighted by atomic mass is 9.92. The van der Waals surface area contributed by atoms with Gasteiger partial charge in [0.25, 0.3) is 0 Å². The summed E-state index contributed by atoms with van der Waals surface area (Å²) >= 11 is 6.12. The molecule has 0 radical (unpaired) electrons. The van der Waals surface area contributed by atoms with Gasteiger partial charge in [0.15, 0.2) is 0 Å². The highest BCUT2D eigenvalue weighted by Gasteiger charge is 2.24. The molecule has 23 heavy (non-hydrogen) atoms. The van der Waals surface area contributed by atoms with Crippen LogP contribution in [0.3, 0.4) is 0 Å².